The van der Waals surface area contributed by atoms with Gasteiger partial charge in [-0.1, -0.05) is 6.92 Å². The molecule has 0 aliphatic carbocycles. The van der Waals surface area contributed by atoms with Crippen LogP contribution in [0.25, 0.3) is 0 Å². The molecule has 1 aliphatic rings. The predicted molar refractivity (Wildman–Crippen MR) is 50.8 cm³/mol. The van der Waals surface area contributed by atoms with E-state index < -0.39 is 10.8 Å². The Morgan fingerprint density at radius 2 is 2.42 bits per heavy atom. The minimum Gasteiger partial charge on any atom is -0.380 e. The molecule has 0 aromatic carbocycles. The van der Waals surface area contributed by atoms with Gasteiger partial charge in [0.25, 0.3) is 0 Å². The molecule has 0 aromatic rings. The maximum atomic E-state index is 11.5. The van der Waals surface area contributed by atoms with Gasteiger partial charge in [-0.2, -0.15) is 0 Å². The zero-order valence-electron chi connectivity index (χ0n) is 7.71. The lowest BCUT2D eigenvalue weighted by Gasteiger charge is -2.30. The lowest BCUT2D eigenvalue weighted by Crippen LogP contribution is -2.47. The molecule has 3 nitrogen and oxygen atoms in total. The summed E-state index contributed by atoms with van der Waals surface area (Å²) in [7, 11) is 1.20. The molecule has 1 saturated heterocycles. The van der Waals surface area contributed by atoms with Gasteiger partial charge in [-0.15, -0.1) is 0 Å². The Balaban J connectivity index is 2.52. The third-order valence-corrected chi connectivity index (χ3v) is 4.01. The van der Waals surface area contributed by atoms with Gasteiger partial charge in [-0.05, 0) is 13.5 Å². The summed E-state index contributed by atoms with van der Waals surface area (Å²) in [6.45, 7) is 3.40. The van der Waals surface area contributed by atoms with E-state index in [-0.39, 0.29) is 5.25 Å². The molecule has 0 saturated carbocycles. The van der Waals surface area contributed by atoms with E-state index in [1.807, 2.05) is 14.0 Å². The largest absolute Gasteiger partial charge is 0.380 e. The Hall–Kier alpha value is 0.0700. The average molecular weight is 191 g/mol. The van der Waals surface area contributed by atoms with E-state index in [4.69, 9.17) is 4.74 Å². The summed E-state index contributed by atoms with van der Waals surface area (Å²) in [4.78, 5) is 0. The van der Waals surface area contributed by atoms with Crippen molar-refractivity contribution in [1.82, 2.24) is 5.32 Å². The van der Waals surface area contributed by atoms with Crippen LogP contribution < -0.4 is 5.32 Å². The second-order valence-electron chi connectivity index (χ2n) is 2.97. The molecule has 1 N–H and O–H groups in total. The highest BCUT2D eigenvalue weighted by molar-refractivity contribution is 7.85. The number of ether oxygens (including phenoxy) is 1. The van der Waals surface area contributed by atoms with Gasteiger partial charge in [0.1, 0.15) is 0 Å². The Bertz CT molecular complexity index is 163. The third kappa shape index (κ3) is 2.28. The van der Waals surface area contributed by atoms with Crippen molar-refractivity contribution in [3.63, 3.8) is 0 Å². The second-order valence-corrected chi connectivity index (χ2v) is 4.91. The normalized spacial score (nSPS) is 33.2. The molecule has 0 radical (unpaired) electrons. The number of hydrogen-bond acceptors (Lipinski definition) is 3. The van der Waals surface area contributed by atoms with Crippen LogP contribution in [0.2, 0.25) is 0 Å². The van der Waals surface area contributed by atoms with E-state index in [9.17, 15) is 4.21 Å². The van der Waals surface area contributed by atoms with Gasteiger partial charge in [0.05, 0.1) is 11.9 Å². The van der Waals surface area contributed by atoms with Crippen LogP contribution in [0.3, 0.4) is 0 Å². The van der Waals surface area contributed by atoms with Crippen molar-refractivity contribution in [2.24, 2.45) is 0 Å². The molecule has 3 unspecified atom stereocenters. The summed E-state index contributed by atoms with van der Waals surface area (Å²) < 4.78 is 16.8. The first kappa shape index (κ1) is 10.2. The quantitative estimate of drug-likeness (QED) is 0.689. The van der Waals surface area contributed by atoms with E-state index >= 15 is 0 Å². The van der Waals surface area contributed by atoms with Crippen LogP contribution in [-0.2, 0) is 15.5 Å². The summed E-state index contributed by atoms with van der Waals surface area (Å²) in [5.41, 5.74) is 0. The zero-order chi connectivity index (χ0) is 8.97. The molecule has 4 heteroatoms. The lowest BCUT2D eigenvalue weighted by molar-refractivity contribution is 0.0838. The number of rotatable bonds is 3. The van der Waals surface area contributed by atoms with Gasteiger partial charge in [0.2, 0.25) is 0 Å². The second kappa shape index (κ2) is 4.94. The molecule has 1 rings (SSSR count). The van der Waals surface area contributed by atoms with Gasteiger partial charge in [0.15, 0.2) is 0 Å². The molecule has 0 aromatic heterocycles. The average Bonchev–Trinajstić information content (AvgIpc) is 2.16. The van der Waals surface area contributed by atoms with E-state index in [1.165, 1.54) is 0 Å². The first-order valence-electron chi connectivity index (χ1n) is 4.41. The minimum absolute atomic E-state index is 0.189. The summed E-state index contributed by atoms with van der Waals surface area (Å²) in [5.74, 6) is 0.728. The number of nitrogens with one attached hydrogen (secondary N) is 1. The molecule has 12 heavy (non-hydrogen) atoms. The van der Waals surface area contributed by atoms with Gasteiger partial charge in [-0.3, -0.25) is 4.21 Å². The van der Waals surface area contributed by atoms with Gasteiger partial charge >= 0.3 is 0 Å². The lowest BCUT2D eigenvalue weighted by atomic mass is 10.1. The van der Waals surface area contributed by atoms with Crippen LogP contribution in [-0.4, -0.2) is 41.5 Å². The Kier molecular flexibility index (Phi) is 4.18. The van der Waals surface area contributed by atoms with Crippen LogP contribution in [0.5, 0.6) is 0 Å². The van der Waals surface area contributed by atoms with Gasteiger partial charge < -0.3 is 10.1 Å². The zero-order valence-corrected chi connectivity index (χ0v) is 8.52. The van der Waals surface area contributed by atoms with Crippen LogP contribution >= 0.6 is 0 Å². The van der Waals surface area contributed by atoms with Crippen molar-refractivity contribution < 1.29 is 8.95 Å². The molecule has 72 valence electrons. The van der Waals surface area contributed by atoms with E-state index in [0.29, 0.717) is 12.6 Å². The Morgan fingerprint density at radius 1 is 1.67 bits per heavy atom. The maximum absolute atomic E-state index is 11.5. The summed E-state index contributed by atoms with van der Waals surface area (Å²) in [5, 5.41) is 3.38. The molecule has 0 spiro atoms. The fourth-order valence-electron chi connectivity index (χ4n) is 1.52. The van der Waals surface area contributed by atoms with E-state index in [0.717, 1.165) is 18.8 Å². The first-order valence-corrected chi connectivity index (χ1v) is 5.80. The van der Waals surface area contributed by atoms with Crippen LogP contribution in [0.4, 0.5) is 0 Å². The minimum atomic E-state index is -0.731. The predicted octanol–water partition coefficient (Wildman–Crippen LogP) is 0.132. The van der Waals surface area contributed by atoms with Crippen LogP contribution in [0, 0.1) is 0 Å². The maximum Gasteiger partial charge on any atom is 0.0735 e. The third-order valence-electron chi connectivity index (χ3n) is 2.30. The number of hydrogen-bond donors (Lipinski definition) is 1. The molecule has 0 bridgehead atoms. The van der Waals surface area contributed by atoms with Crippen molar-refractivity contribution in [2.45, 2.75) is 24.6 Å². The molecule has 1 fully saturated rings. The van der Waals surface area contributed by atoms with E-state index in [2.05, 4.69) is 5.32 Å². The fourth-order valence-corrected chi connectivity index (χ4v) is 2.83. The fraction of sp³-hybridized carbons (Fsp3) is 1.00. The highest BCUT2D eigenvalue weighted by Gasteiger charge is 2.28. The van der Waals surface area contributed by atoms with Crippen molar-refractivity contribution in [1.29, 1.82) is 0 Å². The summed E-state index contributed by atoms with van der Waals surface area (Å²) in [6.07, 6.45) is 0.979. The summed E-state index contributed by atoms with van der Waals surface area (Å²) in [6, 6.07) is 0.375. The molecular formula is C8H17NO2S. The molecule has 1 aliphatic heterocycles. The van der Waals surface area contributed by atoms with Crippen molar-refractivity contribution in [3.05, 3.63) is 0 Å². The summed E-state index contributed by atoms with van der Waals surface area (Å²) >= 11 is 0. The molecule has 0 amide bonds. The Labute approximate surface area is 76.3 Å². The van der Waals surface area contributed by atoms with Crippen molar-refractivity contribution in [2.75, 3.05) is 26.0 Å². The van der Waals surface area contributed by atoms with Crippen molar-refractivity contribution in [3.8, 4) is 0 Å². The highest BCUT2D eigenvalue weighted by Crippen LogP contribution is 2.13. The van der Waals surface area contributed by atoms with E-state index in [1.54, 1.807) is 0 Å². The first-order chi connectivity index (χ1) is 5.79. The van der Waals surface area contributed by atoms with Gasteiger partial charge in [0, 0.05) is 29.2 Å². The monoisotopic (exact) mass is 191 g/mol. The SMILES string of the molecule is CCS(=O)C1COCCC1NC. The molecule has 3 atom stereocenters. The Morgan fingerprint density at radius 3 is 3.00 bits per heavy atom. The highest BCUT2D eigenvalue weighted by atomic mass is 32.2. The van der Waals surface area contributed by atoms with Crippen LogP contribution in [0.15, 0.2) is 0 Å². The smallest absolute Gasteiger partial charge is 0.0735 e. The topological polar surface area (TPSA) is 38.3 Å². The van der Waals surface area contributed by atoms with Gasteiger partial charge in [-0.25, -0.2) is 0 Å². The standard InChI is InChI=1S/C8H17NO2S/c1-3-12(10)8-6-11-5-4-7(8)9-2/h7-9H,3-6H2,1-2H3. The molecular weight excluding hydrogens is 174 g/mol. The van der Waals surface area contributed by atoms with Crippen molar-refractivity contribution >= 4 is 10.8 Å². The molecule has 1 heterocycles. The van der Waals surface area contributed by atoms with Crippen LogP contribution in [0.1, 0.15) is 13.3 Å².